The standard InChI is InChI=1S/C33H45F3N4O3/c1-5-42-29(41)12-8-9-13-37-14-15-38-16-17-43-23-19-26(34)30(27(35)20-23)32-31-25(24-10-6-7-11-28(24)39-31)18-22(2)40(32)21-33(3,4)36/h6-7,10-11,19-20,22,32,37-39H,5,8-9,12-18,21H2,1-4H3/t22-,32-/m1/s1. The van der Waals surface area contributed by atoms with Crippen molar-refractivity contribution in [1.29, 1.82) is 0 Å². The molecule has 0 saturated heterocycles. The highest BCUT2D eigenvalue weighted by atomic mass is 19.1. The molecule has 0 radical (unpaired) electrons. The van der Waals surface area contributed by atoms with Crippen LogP contribution in [0.4, 0.5) is 13.2 Å². The number of nitrogens with one attached hydrogen (secondary N) is 3. The molecule has 0 spiro atoms. The Hall–Kier alpha value is -3.08. The van der Waals surface area contributed by atoms with E-state index in [0.29, 0.717) is 38.2 Å². The first-order chi connectivity index (χ1) is 20.6. The van der Waals surface area contributed by atoms with Crippen LogP contribution in [0.25, 0.3) is 10.9 Å². The van der Waals surface area contributed by atoms with Gasteiger partial charge in [-0.25, -0.2) is 13.2 Å². The summed E-state index contributed by atoms with van der Waals surface area (Å²) < 4.78 is 57.1. The number of aromatic nitrogens is 1. The van der Waals surface area contributed by atoms with Crippen molar-refractivity contribution in [1.82, 2.24) is 20.5 Å². The van der Waals surface area contributed by atoms with Crippen LogP contribution in [-0.4, -0.2) is 73.5 Å². The van der Waals surface area contributed by atoms with Crippen molar-refractivity contribution in [3.63, 3.8) is 0 Å². The van der Waals surface area contributed by atoms with Gasteiger partial charge in [0.1, 0.15) is 29.7 Å². The number of ether oxygens (including phenoxy) is 2. The molecule has 3 aromatic rings. The second-order valence-electron chi connectivity index (χ2n) is 11.8. The summed E-state index contributed by atoms with van der Waals surface area (Å²) in [4.78, 5) is 16.6. The quantitative estimate of drug-likeness (QED) is 0.142. The number of H-pyrrole nitrogens is 1. The lowest BCUT2D eigenvalue weighted by molar-refractivity contribution is -0.143. The highest BCUT2D eigenvalue weighted by molar-refractivity contribution is 5.85. The number of alkyl halides is 1. The van der Waals surface area contributed by atoms with E-state index < -0.39 is 23.3 Å². The molecule has 0 aliphatic carbocycles. The van der Waals surface area contributed by atoms with Crippen molar-refractivity contribution in [2.24, 2.45) is 0 Å². The molecule has 0 bridgehead atoms. The zero-order valence-electron chi connectivity index (χ0n) is 25.7. The van der Waals surface area contributed by atoms with Gasteiger partial charge in [0.25, 0.3) is 0 Å². The third-order valence-corrected chi connectivity index (χ3v) is 7.72. The number of esters is 1. The van der Waals surface area contributed by atoms with Crippen molar-refractivity contribution in [2.45, 2.75) is 71.1 Å². The molecule has 2 aromatic carbocycles. The fraction of sp³-hybridized carbons (Fsp3) is 0.545. The van der Waals surface area contributed by atoms with Gasteiger partial charge in [0.05, 0.1) is 12.6 Å². The summed E-state index contributed by atoms with van der Waals surface area (Å²) in [7, 11) is 0. The van der Waals surface area contributed by atoms with Crippen LogP contribution < -0.4 is 15.4 Å². The Balaban J connectivity index is 1.35. The first kappa shape index (κ1) is 32.8. The van der Waals surface area contributed by atoms with E-state index in [-0.39, 0.29) is 36.5 Å². The monoisotopic (exact) mass is 602 g/mol. The van der Waals surface area contributed by atoms with E-state index in [9.17, 15) is 9.18 Å². The predicted octanol–water partition coefficient (Wildman–Crippen LogP) is 5.82. The Labute approximate surface area is 252 Å². The molecule has 2 atom stereocenters. The molecular formula is C33H45F3N4O3. The van der Waals surface area contributed by atoms with Crippen LogP contribution in [0.15, 0.2) is 36.4 Å². The van der Waals surface area contributed by atoms with E-state index in [0.717, 1.165) is 42.4 Å². The third-order valence-electron chi connectivity index (χ3n) is 7.72. The number of carbonyl (C=O) groups excluding carboxylic acids is 1. The predicted molar refractivity (Wildman–Crippen MR) is 163 cm³/mol. The molecule has 1 aliphatic heterocycles. The molecule has 0 fully saturated rings. The van der Waals surface area contributed by atoms with E-state index in [2.05, 4.69) is 15.6 Å². The van der Waals surface area contributed by atoms with Crippen molar-refractivity contribution < 1.29 is 27.4 Å². The van der Waals surface area contributed by atoms with Crippen LogP contribution in [0.3, 0.4) is 0 Å². The topological polar surface area (TPSA) is 78.6 Å². The summed E-state index contributed by atoms with van der Waals surface area (Å²) in [6.07, 6.45) is 2.76. The Morgan fingerprint density at radius 3 is 2.47 bits per heavy atom. The Morgan fingerprint density at radius 1 is 1.07 bits per heavy atom. The number of nitrogens with zero attached hydrogens (tertiary/aromatic N) is 1. The maximum Gasteiger partial charge on any atom is 0.305 e. The molecule has 43 heavy (non-hydrogen) atoms. The van der Waals surface area contributed by atoms with Gasteiger partial charge in [-0.05, 0) is 65.1 Å². The number of carbonyl (C=O) groups is 1. The van der Waals surface area contributed by atoms with Crippen LogP contribution in [0.5, 0.6) is 5.75 Å². The molecule has 4 rings (SSSR count). The van der Waals surface area contributed by atoms with E-state index in [1.807, 2.05) is 36.1 Å². The minimum atomic E-state index is -1.56. The number of aromatic amines is 1. The van der Waals surface area contributed by atoms with Gasteiger partial charge < -0.3 is 25.1 Å². The summed E-state index contributed by atoms with van der Waals surface area (Å²) in [6.45, 7) is 10.2. The number of hydrogen-bond acceptors (Lipinski definition) is 6. The first-order valence-electron chi connectivity index (χ1n) is 15.3. The van der Waals surface area contributed by atoms with Gasteiger partial charge in [-0.15, -0.1) is 0 Å². The van der Waals surface area contributed by atoms with Crippen LogP contribution in [-0.2, 0) is 16.0 Å². The fourth-order valence-electron chi connectivity index (χ4n) is 5.82. The lowest BCUT2D eigenvalue weighted by Crippen LogP contribution is -2.48. The SMILES string of the molecule is CCOC(=O)CCCCNCCNCCOc1cc(F)c([C@@H]2c3[nH]c4ccccc4c3C[C@@H](C)N2CC(C)(C)F)c(F)c1. The van der Waals surface area contributed by atoms with E-state index in [1.165, 1.54) is 26.0 Å². The van der Waals surface area contributed by atoms with Gasteiger partial charge in [0, 0.05) is 72.9 Å². The van der Waals surface area contributed by atoms with Gasteiger partial charge in [0.2, 0.25) is 0 Å². The summed E-state index contributed by atoms with van der Waals surface area (Å²) in [5.74, 6) is -1.49. The van der Waals surface area contributed by atoms with Gasteiger partial charge in [-0.2, -0.15) is 0 Å². The molecule has 7 nitrogen and oxygen atoms in total. The highest BCUT2D eigenvalue weighted by Crippen LogP contribution is 2.43. The maximum atomic E-state index is 15.8. The molecule has 2 heterocycles. The average Bonchev–Trinajstić information content (AvgIpc) is 3.30. The van der Waals surface area contributed by atoms with Crippen molar-refractivity contribution >= 4 is 16.9 Å². The zero-order valence-corrected chi connectivity index (χ0v) is 25.7. The minimum Gasteiger partial charge on any atom is -0.492 e. The van der Waals surface area contributed by atoms with Crippen LogP contribution in [0.1, 0.15) is 69.8 Å². The normalized spacial score (nSPS) is 17.3. The smallest absolute Gasteiger partial charge is 0.305 e. The van der Waals surface area contributed by atoms with Gasteiger partial charge >= 0.3 is 5.97 Å². The van der Waals surface area contributed by atoms with Gasteiger partial charge in [-0.3, -0.25) is 9.69 Å². The van der Waals surface area contributed by atoms with Crippen molar-refractivity contribution in [3.05, 3.63) is 64.9 Å². The molecule has 1 aliphatic rings. The molecule has 0 amide bonds. The molecule has 236 valence electrons. The largest absolute Gasteiger partial charge is 0.492 e. The van der Waals surface area contributed by atoms with E-state index in [1.54, 1.807) is 6.92 Å². The summed E-state index contributed by atoms with van der Waals surface area (Å²) in [5.41, 5.74) is 0.939. The molecule has 10 heteroatoms. The number of halogens is 3. The summed E-state index contributed by atoms with van der Waals surface area (Å²) >= 11 is 0. The van der Waals surface area contributed by atoms with Crippen molar-refractivity contribution in [2.75, 3.05) is 45.9 Å². The number of hydrogen-bond donors (Lipinski definition) is 3. The van der Waals surface area contributed by atoms with Crippen molar-refractivity contribution in [3.8, 4) is 5.75 Å². The number of para-hydroxylation sites is 1. The first-order valence-corrected chi connectivity index (χ1v) is 15.3. The number of unbranched alkanes of at least 4 members (excludes halogenated alkanes) is 1. The van der Waals surface area contributed by atoms with E-state index in [4.69, 9.17) is 9.47 Å². The second kappa shape index (κ2) is 15.1. The number of fused-ring (bicyclic) bond motifs is 3. The van der Waals surface area contributed by atoms with Crippen LogP contribution >= 0.6 is 0 Å². The molecule has 3 N–H and O–H groups in total. The van der Waals surface area contributed by atoms with Gasteiger partial charge in [0.15, 0.2) is 0 Å². The van der Waals surface area contributed by atoms with E-state index >= 15 is 8.78 Å². The van der Waals surface area contributed by atoms with Crippen LogP contribution in [0.2, 0.25) is 0 Å². The summed E-state index contributed by atoms with van der Waals surface area (Å²) in [6, 6.07) is 9.31. The van der Waals surface area contributed by atoms with Crippen LogP contribution in [0, 0.1) is 11.6 Å². The maximum absolute atomic E-state index is 15.8. The number of benzene rings is 2. The second-order valence-corrected chi connectivity index (χ2v) is 11.8. The Kier molecular flexibility index (Phi) is 11.5. The molecule has 0 saturated carbocycles. The number of rotatable bonds is 16. The highest BCUT2D eigenvalue weighted by Gasteiger charge is 2.41. The fourth-order valence-corrected chi connectivity index (χ4v) is 5.82. The zero-order chi connectivity index (χ0) is 31.0. The molecular weight excluding hydrogens is 557 g/mol. The average molecular weight is 603 g/mol. The summed E-state index contributed by atoms with van der Waals surface area (Å²) in [5, 5.41) is 7.56. The molecule has 0 unspecified atom stereocenters. The van der Waals surface area contributed by atoms with Gasteiger partial charge in [-0.1, -0.05) is 18.2 Å². The lowest BCUT2D eigenvalue weighted by Gasteiger charge is -2.43. The Morgan fingerprint density at radius 2 is 1.77 bits per heavy atom. The molecule has 1 aromatic heterocycles. The Bertz CT molecular complexity index is 1330. The third kappa shape index (κ3) is 8.74. The lowest BCUT2D eigenvalue weighted by atomic mass is 9.87. The minimum absolute atomic E-state index is 0.0267.